The average Bonchev–Trinajstić information content (AvgIpc) is 2.66. The summed E-state index contributed by atoms with van der Waals surface area (Å²) in [5.41, 5.74) is 1.03. The quantitative estimate of drug-likeness (QED) is 0.793. The highest BCUT2D eigenvalue weighted by atomic mass is 16.5. The number of carbonyl (C=O) groups excluding carboxylic acids is 1. The zero-order valence-corrected chi connectivity index (χ0v) is 15.1. The minimum atomic E-state index is -0.133. The van der Waals surface area contributed by atoms with Crippen molar-refractivity contribution in [3.05, 3.63) is 36.3 Å². The smallest absolute Gasteiger partial charge is 0.273 e. The fraction of sp³-hybridized carbons (Fsp3) is 0.389. The van der Waals surface area contributed by atoms with Crippen LogP contribution in [-0.4, -0.2) is 48.6 Å². The number of carbonyl (C=O) groups is 1. The molecule has 0 atom stereocenters. The number of nitrogens with one attached hydrogen (secondary N) is 1. The number of nitrogens with zero attached hydrogens (tertiary/aromatic N) is 3. The molecule has 0 spiro atoms. The fourth-order valence-corrected chi connectivity index (χ4v) is 2.25. The van der Waals surface area contributed by atoms with Crippen LogP contribution in [0.1, 0.15) is 30.3 Å². The molecule has 1 aromatic heterocycles. The first-order valence-corrected chi connectivity index (χ1v) is 8.15. The molecule has 0 aliphatic rings. The molecule has 1 heterocycles. The molecule has 0 aliphatic carbocycles. The first-order valence-electron chi connectivity index (χ1n) is 8.15. The number of rotatable bonds is 8. The number of hydrogen-bond acceptors (Lipinski definition) is 6. The van der Waals surface area contributed by atoms with Gasteiger partial charge < -0.3 is 19.7 Å². The van der Waals surface area contributed by atoms with Crippen LogP contribution in [0.25, 0.3) is 0 Å². The Bertz CT molecular complexity index is 704. The van der Waals surface area contributed by atoms with E-state index < -0.39 is 0 Å². The van der Waals surface area contributed by atoms with Crippen LogP contribution in [0.4, 0.5) is 11.5 Å². The van der Waals surface area contributed by atoms with Crippen LogP contribution in [0.2, 0.25) is 0 Å². The van der Waals surface area contributed by atoms with Gasteiger partial charge in [-0.15, -0.1) is 0 Å². The van der Waals surface area contributed by atoms with Crippen molar-refractivity contribution in [3.8, 4) is 11.5 Å². The van der Waals surface area contributed by atoms with Crippen LogP contribution in [0.3, 0.4) is 0 Å². The maximum atomic E-state index is 12.3. The molecule has 7 nitrogen and oxygen atoms in total. The Morgan fingerprint density at radius 1 is 1.20 bits per heavy atom. The van der Waals surface area contributed by atoms with Crippen molar-refractivity contribution in [3.63, 3.8) is 0 Å². The summed E-state index contributed by atoms with van der Waals surface area (Å²) in [4.78, 5) is 22.4. The number of anilines is 2. The van der Waals surface area contributed by atoms with E-state index in [1.807, 2.05) is 6.07 Å². The molecule has 0 fully saturated rings. The van der Waals surface area contributed by atoms with Gasteiger partial charge in [-0.05, 0) is 18.6 Å². The molecule has 0 aliphatic heterocycles. The monoisotopic (exact) mass is 344 g/mol. The molecule has 134 valence electrons. The Morgan fingerprint density at radius 2 is 2.00 bits per heavy atom. The summed E-state index contributed by atoms with van der Waals surface area (Å²) in [7, 11) is 4.96. The van der Waals surface area contributed by atoms with Crippen molar-refractivity contribution in [1.82, 2.24) is 14.9 Å². The fourth-order valence-electron chi connectivity index (χ4n) is 2.25. The van der Waals surface area contributed by atoms with Gasteiger partial charge in [0.1, 0.15) is 23.0 Å². The molecule has 1 aromatic carbocycles. The van der Waals surface area contributed by atoms with E-state index in [-0.39, 0.29) is 5.91 Å². The Balaban J connectivity index is 2.11. The lowest BCUT2D eigenvalue weighted by atomic mass is 10.2. The number of methoxy groups -OCH3 is 2. The summed E-state index contributed by atoms with van der Waals surface area (Å²) in [6, 6.07) is 5.41. The van der Waals surface area contributed by atoms with Crippen molar-refractivity contribution < 1.29 is 14.3 Å². The molecule has 1 N–H and O–H groups in total. The van der Waals surface area contributed by atoms with Gasteiger partial charge >= 0.3 is 0 Å². The van der Waals surface area contributed by atoms with Gasteiger partial charge in [-0.1, -0.05) is 13.3 Å². The molecular formula is C18H24N4O3. The average molecular weight is 344 g/mol. The van der Waals surface area contributed by atoms with Crippen LogP contribution in [0.15, 0.2) is 30.6 Å². The minimum absolute atomic E-state index is 0.133. The van der Waals surface area contributed by atoms with Crippen LogP contribution in [-0.2, 0) is 0 Å². The zero-order valence-electron chi connectivity index (χ0n) is 15.1. The van der Waals surface area contributed by atoms with Gasteiger partial charge in [0.25, 0.3) is 5.91 Å². The summed E-state index contributed by atoms with van der Waals surface area (Å²) in [6.07, 6.45) is 5.00. The third-order valence-corrected chi connectivity index (χ3v) is 3.73. The van der Waals surface area contributed by atoms with E-state index in [0.29, 0.717) is 35.2 Å². The highest BCUT2D eigenvalue weighted by Crippen LogP contribution is 2.30. The number of amides is 1. The summed E-state index contributed by atoms with van der Waals surface area (Å²) < 4.78 is 10.5. The number of benzene rings is 1. The summed E-state index contributed by atoms with van der Waals surface area (Å²) in [5, 5.41) is 3.12. The SMILES string of the molecule is CCCCN(C)C(=O)c1cnc(Nc2cc(OC)ccc2OC)cn1. The molecule has 2 rings (SSSR count). The number of aromatic nitrogens is 2. The molecule has 1 amide bonds. The predicted molar refractivity (Wildman–Crippen MR) is 96.7 cm³/mol. The maximum absolute atomic E-state index is 12.3. The van der Waals surface area contributed by atoms with Gasteiger partial charge in [-0.25, -0.2) is 9.97 Å². The molecule has 0 unspecified atom stereocenters. The zero-order chi connectivity index (χ0) is 18.2. The van der Waals surface area contributed by atoms with Gasteiger partial charge in [0.2, 0.25) is 0 Å². The van der Waals surface area contributed by atoms with E-state index in [1.165, 1.54) is 12.4 Å². The van der Waals surface area contributed by atoms with Crippen LogP contribution in [0.5, 0.6) is 11.5 Å². The molecular weight excluding hydrogens is 320 g/mol. The lowest BCUT2D eigenvalue weighted by molar-refractivity contribution is 0.0787. The second-order valence-electron chi connectivity index (χ2n) is 5.56. The minimum Gasteiger partial charge on any atom is -0.497 e. The first kappa shape index (κ1) is 18.5. The van der Waals surface area contributed by atoms with Crippen molar-refractivity contribution in [2.75, 3.05) is 33.1 Å². The van der Waals surface area contributed by atoms with Crippen LogP contribution < -0.4 is 14.8 Å². The summed E-state index contributed by atoms with van der Waals surface area (Å²) >= 11 is 0. The normalized spacial score (nSPS) is 10.2. The number of ether oxygens (including phenoxy) is 2. The Labute approximate surface area is 148 Å². The first-order chi connectivity index (χ1) is 12.1. The van der Waals surface area contributed by atoms with E-state index in [2.05, 4.69) is 22.2 Å². The van der Waals surface area contributed by atoms with E-state index in [1.54, 1.807) is 38.3 Å². The van der Waals surface area contributed by atoms with E-state index >= 15 is 0 Å². The summed E-state index contributed by atoms with van der Waals surface area (Å²) in [5.74, 6) is 1.73. The predicted octanol–water partition coefficient (Wildman–Crippen LogP) is 3.11. The van der Waals surface area contributed by atoms with Gasteiger partial charge in [0, 0.05) is 19.7 Å². The lowest BCUT2D eigenvalue weighted by Crippen LogP contribution is -2.28. The molecule has 2 aromatic rings. The number of hydrogen-bond donors (Lipinski definition) is 1. The Morgan fingerprint density at radius 3 is 2.60 bits per heavy atom. The standard InChI is InChI=1S/C18H24N4O3/c1-5-6-9-22(2)18(23)15-11-20-17(12-19-15)21-14-10-13(24-3)7-8-16(14)25-4/h7-8,10-12H,5-6,9H2,1-4H3,(H,20,21). The van der Waals surface area contributed by atoms with Crippen molar-refractivity contribution in [2.45, 2.75) is 19.8 Å². The molecule has 0 radical (unpaired) electrons. The van der Waals surface area contributed by atoms with E-state index in [0.717, 1.165) is 12.8 Å². The maximum Gasteiger partial charge on any atom is 0.273 e. The van der Waals surface area contributed by atoms with Gasteiger partial charge in [0.05, 0.1) is 32.3 Å². The molecule has 25 heavy (non-hydrogen) atoms. The third kappa shape index (κ3) is 4.82. The second kappa shape index (κ2) is 8.86. The highest BCUT2D eigenvalue weighted by molar-refractivity contribution is 5.91. The van der Waals surface area contributed by atoms with Gasteiger partial charge in [-0.2, -0.15) is 0 Å². The van der Waals surface area contributed by atoms with Gasteiger partial charge in [0.15, 0.2) is 0 Å². The lowest BCUT2D eigenvalue weighted by Gasteiger charge is -2.16. The number of unbranched alkanes of at least 4 members (excludes halogenated alkanes) is 1. The molecule has 0 saturated heterocycles. The Hall–Kier alpha value is -2.83. The summed E-state index contributed by atoms with van der Waals surface area (Å²) in [6.45, 7) is 2.80. The van der Waals surface area contributed by atoms with Crippen molar-refractivity contribution in [1.29, 1.82) is 0 Å². The Kier molecular flexibility index (Phi) is 6.56. The molecule has 0 bridgehead atoms. The molecule has 0 saturated carbocycles. The topological polar surface area (TPSA) is 76.6 Å². The highest BCUT2D eigenvalue weighted by Gasteiger charge is 2.13. The van der Waals surface area contributed by atoms with E-state index in [4.69, 9.17) is 9.47 Å². The van der Waals surface area contributed by atoms with Crippen LogP contribution in [0, 0.1) is 0 Å². The van der Waals surface area contributed by atoms with Crippen LogP contribution >= 0.6 is 0 Å². The van der Waals surface area contributed by atoms with Crippen molar-refractivity contribution in [2.24, 2.45) is 0 Å². The van der Waals surface area contributed by atoms with E-state index in [9.17, 15) is 4.79 Å². The largest absolute Gasteiger partial charge is 0.497 e. The molecule has 7 heteroatoms. The van der Waals surface area contributed by atoms with Crippen molar-refractivity contribution >= 4 is 17.4 Å². The second-order valence-corrected chi connectivity index (χ2v) is 5.56. The third-order valence-electron chi connectivity index (χ3n) is 3.73. The van der Waals surface area contributed by atoms with Gasteiger partial charge in [-0.3, -0.25) is 4.79 Å².